The largest absolute Gasteiger partial charge is 0.493 e. The van der Waals surface area contributed by atoms with Crippen LogP contribution in [0.2, 0.25) is 0 Å². The molecule has 6 heteroatoms. The van der Waals surface area contributed by atoms with Crippen LogP contribution >= 0.6 is 11.8 Å². The molecule has 0 atom stereocenters. The number of thioether (sulfide) groups is 1. The standard InChI is InChI=1S/C17H14FNO3S/c1-21-16-9-12(11-20)8-13(10-19)17(16)22-6-7-23-15-4-2-14(18)3-5-15/h2-5,8-9,11H,6-7H2,1H3. The summed E-state index contributed by atoms with van der Waals surface area (Å²) in [5.41, 5.74) is 0.602. The van der Waals surface area contributed by atoms with Crippen molar-refractivity contribution in [2.24, 2.45) is 0 Å². The Kier molecular flexibility index (Phi) is 6.01. The lowest BCUT2D eigenvalue weighted by Crippen LogP contribution is -2.04. The Hall–Kier alpha value is -2.52. The number of carbonyl (C=O) groups is 1. The topological polar surface area (TPSA) is 59.3 Å². The monoisotopic (exact) mass is 331 g/mol. The van der Waals surface area contributed by atoms with E-state index in [4.69, 9.17) is 9.47 Å². The van der Waals surface area contributed by atoms with Gasteiger partial charge in [-0.3, -0.25) is 4.79 Å². The van der Waals surface area contributed by atoms with Crippen LogP contribution < -0.4 is 9.47 Å². The molecule has 0 aliphatic heterocycles. The summed E-state index contributed by atoms with van der Waals surface area (Å²) >= 11 is 1.51. The Balaban J connectivity index is 2.01. The zero-order valence-corrected chi connectivity index (χ0v) is 13.2. The van der Waals surface area contributed by atoms with Crippen molar-refractivity contribution >= 4 is 18.0 Å². The number of nitriles is 1. The van der Waals surface area contributed by atoms with Crippen molar-refractivity contribution in [3.05, 3.63) is 53.3 Å². The zero-order chi connectivity index (χ0) is 16.7. The van der Waals surface area contributed by atoms with Gasteiger partial charge in [-0.1, -0.05) is 0 Å². The van der Waals surface area contributed by atoms with E-state index in [0.717, 1.165) is 4.90 Å². The van der Waals surface area contributed by atoms with Crippen molar-refractivity contribution in [2.45, 2.75) is 4.90 Å². The number of halogens is 1. The molecule has 0 N–H and O–H groups in total. The van der Waals surface area contributed by atoms with Gasteiger partial charge >= 0.3 is 0 Å². The van der Waals surface area contributed by atoms with Crippen molar-refractivity contribution in [2.75, 3.05) is 19.5 Å². The first-order valence-corrected chi connectivity index (χ1v) is 7.75. The van der Waals surface area contributed by atoms with Gasteiger partial charge in [0.1, 0.15) is 18.2 Å². The van der Waals surface area contributed by atoms with Crippen molar-refractivity contribution < 1.29 is 18.7 Å². The smallest absolute Gasteiger partial charge is 0.178 e. The maximum atomic E-state index is 12.8. The van der Waals surface area contributed by atoms with Crippen LogP contribution in [0.5, 0.6) is 11.5 Å². The van der Waals surface area contributed by atoms with E-state index >= 15 is 0 Å². The van der Waals surface area contributed by atoms with Crippen LogP contribution in [0, 0.1) is 17.1 Å². The number of aldehydes is 1. The van der Waals surface area contributed by atoms with E-state index in [0.29, 0.717) is 35.7 Å². The average Bonchev–Trinajstić information content (AvgIpc) is 2.59. The van der Waals surface area contributed by atoms with Gasteiger partial charge in [-0.2, -0.15) is 5.26 Å². The van der Waals surface area contributed by atoms with Gasteiger partial charge in [0.25, 0.3) is 0 Å². The van der Waals surface area contributed by atoms with Crippen LogP contribution in [-0.2, 0) is 0 Å². The summed E-state index contributed by atoms with van der Waals surface area (Å²) in [5.74, 6) is 1.01. The van der Waals surface area contributed by atoms with Gasteiger partial charge in [-0.15, -0.1) is 11.8 Å². The quantitative estimate of drug-likeness (QED) is 0.440. The number of rotatable bonds is 7. The normalized spacial score (nSPS) is 9.96. The number of benzene rings is 2. The third-order valence-electron chi connectivity index (χ3n) is 2.97. The highest BCUT2D eigenvalue weighted by atomic mass is 32.2. The second kappa shape index (κ2) is 8.20. The van der Waals surface area contributed by atoms with E-state index < -0.39 is 0 Å². The van der Waals surface area contributed by atoms with Gasteiger partial charge in [0.15, 0.2) is 11.5 Å². The Morgan fingerprint density at radius 2 is 2.04 bits per heavy atom. The fraction of sp³-hybridized carbons (Fsp3) is 0.176. The van der Waals surface area contributed by atoms with Gasteiger partial charge in [0, 0.05) is 16.2 Å². The minimum atomic E-state index is -0.274. The van der Waals surface area contributed by atoms with Crippen LogP contribution in [0.4, 0.5) is 4.39 Å². The van der Waals surface area contributed by atoms with Gasteiger partial charge < -0.3 is 9.47 Å². The van der Waals surface area contributed by atoms with Crippen LogP contribution in [-0.4, -0.2) is 25.8 Å². The molecule has 0 radical (unpaired) electrons. The third-order valence-corrected chi connectivity index (χ3v) is 3.94. The molecule has 0 saturated heterocycles. The number of hydrogen-bond acceptors (Lipinski definition) is 5. The van der Waals surface area contributed by atoms with Crippen LogP contribution in [0.25, 0.3) is 0 Å². The summed E-state index contributed by atoms with van der Waals surface area (Å²) in [5, 5.41) is 9.18. The fourth-order valence-corrected chi connectivity index (χ4v) is 2.64. The summed E-state index contributed by atoms with van der Waals surface area (Å²) in [6.45, 7) is 0.341. The summed E-state index contributed by atoms with van der Waals surface area (Å²) in [7, 11) is 1.45. The molecule has 0 fully saturated rings. The van der Waals surface area contributed by atoms with Crippen LogP contribution in [0.3, 0.4) is 0 Å². The summed E-state index contributed by atoms with van der Waals surface area (Å²) < 4.78 is 23.6. The predicted octanol–water partition coefficient (Wildman–Crippen LogP) is 3.69. The first-order chi connectivity index (χ1) is 11.2. The first-order valence-electron chi connectivity index (χ1n) is 6.76. The Labute approximate surface area is 137 Å². The molecule has 0 amide bonds. The molecule has 0 aromatic heterocycles. The Morgan fingerprint density at radius 3 is 2.65 bits per heavy atom. The lowest BCUT2D eigenvalue weighted by Gasteiger charge is -2.12. The van der Waals surface area contributed by atoms with E-state index in [9.17, 15) is 14.4 Å². The summed E-state index contributed by atoms with van der Waals surface area (Å²) in [6, 6.07) is 11.2. The molecule has 0 aliphatic carbocycles. The second-order valence-corrected chi connectivity index (χ2v) is 5.65. The number of carbonyl (C=O) groups excluding carboxylic acids is 1. The highest BCUT2D eigenvalue weighted by molar-refractivity contribution is 7.99. The van der Waals surface area contributed by atoms with E-state index in [-0.39, 0.29) is 11.4 Å². The number of methoxy groups -OCH3 is 1. The molecule has 23 heavy (non-hydrogen) atoms. The first kappa shape index (κ1) is 16.8. The molecule has 0 saturated carbocycles. The minimum Gasteiger partial charge on any atom is -0.493 e. The fourth-order valence-electron chi connectivity index (χ4n) is 1.91. The van der Waals surface area contributed by atoms with Gasteiger partial charge in [-0.05, 0) is 36.4 Å². The van der Waals surface area contributed by atoms with E-state index in [1.165, 1.54) is 43.1 Å². The van der Waals surface area contributed by atoms with Gasteiger partial charge in [0.2, 0.25) is 0 Å². The molecule has 2 aromatic rings. The van der Waals surface area contributed by atoms with Gasteiger partial charge in [-0.25, -0.2) is 4.39 Å². The second-order valence-electron chi connectivity index (χ2n) is 4.48. The van der Waals surface area contributed by atoms with Crippen molar-refractivity contribution in [3.63, 3.8) is 0 Å². The molecule has 0 heterocycles. The molecule has 2 rings (SSSR count). The number of hydrogen-bond donors (Lipinski definition) is 0. The number of nitrogens with zero attached hydrogens (tertiary/aromatic N) is 1. The maximum absolute atomic E-state index is 12.8. The van der Waals surface area contributed by atoms with E-state index in [2.05, 4.69) is 0 Å². The summed E-state index contributed by atoms with van der Waals surface area (Å²) in [6.07, 6.45) is 0.650. The third kappa shape index (κ3) is 4.47. The van der Waals surface area contributed by atoms with E-state index in [1.807, 2.05) is 6.07 Å². The highest BCUT2D eigenvalue weighted by Crippen LogP contribution is 2.32. The Morgan fingerprint density at radius 1 is 1.30 bits per heavy atom. The zero-order valence-electron chi connectivity index (χ0n) is 12.4. The lowest BCUT2D eigenvalue weighted by molar-refractivity contribution is 0.112. The molecular weight excluding hydrogens is 317 g/mol. The van der Waals surface area contributed by atoms with Gasteiger partial charge in [0.05, 0.1) is 19.3 Å². The van der Waals surface area contributed by atoms with E-state index in [1.54, 1.807) is 12.1 Å². The van der Waals surface area contributed by atoms with Crippen molar-refractivity contribution in [1.29, 1.82) is 5.26 Å². The average molecular weight is 331 g/mol. The molecule has 2 aromatic carbocycles. The van der Waals surface area contributed by atoms with Crippen LogP contribution in [0.15, 0.2) is 41.3 Å². The molecule has 0 aliphatic rings. The van der Waals surface area contributed by atoms with Crippen molar-refractivity contribution in [1.82, 2.24) is 0 Å². The molecular formula is C17H14FNO3S. The molecule has 0 spiro atoms. The number of ether oxygens (including phenoxy) is 2. The molecule has 0 bridgehead atoms. The summed E-state index contributed by atoms with van der Waals surface area (Å²) in [4.78, 5) is 11.8. The maximum Gasteiger partial charge on any atom is 0.178 e. The molecule has 4 nitrogen and oxygen atoms in total. The van der Waals surface area contributed by atoms with Crippen LogP contribution in [0.1, 0.15) is 15.9 Å². The highest BCUT2D eigenvalue weighted by Gasteiger charge is 2.13. The minimum absolute atomic E-state index is 0.248. The predicted molar refractivity (Wildman–Crippen MR) is 85.7 cm³/mol. The SMILES string of the molecule is COc1cc(C=O)cc(C#N)c1OCCSc1ccc(F)cc1. The lowest BCUT2D eigenvalue weighted by atomic mass is 10.1. The van der Waals surface area contributed by atoms with Crippen molar-refractivity contribution in [3.8, 4) is 17.6 Å². The Bertz CT molecular complexity index is 726. The molecule has 118 valence electrons. The molecule has 0 unspecified atom stereocenters.